The van der Waals surface area contributed by atoms with Crippen LogP contribution in [-0.2, 0) is 10.5 Å². The molecule has 0 aliphatic carbocycles. The van der Waals surface area contributed by atoms with Crippen LogP contribution in [0.5, 0.6) is 0 Å². The number of hydrogen-bond acceptors (Lipinski definition) is 0. The fourth-order valence-corrected chi connectivity index (χ4v) is 1.69. The summed E-state index contributed by atoms with van der Waals surface area (Å²) >= 11 is 0. The highest BCUT2D eigenvalue weighted by Crippen LogP contribution is 2.28. The van der Waals surface area contributed by atoms with Gasteiger partial charge in [0.25, 0.3) is 0 Å². The Bertz CT molecular complexity index is 243. The monoisotopic (exact) mass is 177 g/mol. The molecule has 1 unspecified atom stereocenters. The highest BCUT2D eigenvalue weighted by molar-refractivity contribution is 5.24. The van der Waals surface area contributed by atoms with E-state index in [1.807, 2.05) is 30.3 Å². The zero-order valence-corrected chi connectivity index (χ0v) is 8.42. The van der Waals surface area contributed by atoms with Crippen molar-refractivity contribution in [1.29, 1.82) is 0 Å². The largest absolute Gasteiger partial charge is 0.236 e. The van der Waals surface area contributed by atoms with Crippen LogP contribution in [0.3, 0.4) is 0 Å². The van der Waals surface area contributed by atoms with Gasteiger partial charge in [0, 0.05) is 5.41 Å². The van der Waals surface area contributed by atoms with Crippen molar-refractivity contribution in [3.63, 3.8) is 0 Å². The number of rotatable bonds is 4. The van der Waals surface area contributed by atoms with Gasteiger partial charge in [-0.3, -0.25) is 0 Å². The van der Waals surface area contributed by atoms with Crippen LogP contribution in [0.25, 0.3) is 0 Å². The zero-order chi connectivity index (χ0) is 9.73. The van der Waals surface area contributed by atoms with Crippen LogP contribution < -0.4 is 0 Å². The van der Waals surface area contributed by atoms with Gasteiger partial charge < -0.3 is 0 Å². The topological polar surface area (TPSA) is 19.9 Å². The fourth-order valence-electron chi connectivity index (χ4n) is 1.69. The summed E-state index contributed by atoms with van der Waals surface area (Å²) in [4.78, 5) is 0. The van der Waals surface area contributed by atoms with E-state index < -0.39 is 0 Å². The smallest absolute Gasteiger partial charge is 0.0916 e. The third-order valence-corrected chi connectivity index (χ3v) is 2.59. The summed E-state index contributed by atoms with van der Waals surface area (Å²) in [5.41, 5.74) is 1.00. The van der Waals surface area contributed by atoms with Crippen LogP contribution in [0, 0.1) is 0 Å². The SMILES string of the molecule is CCCC(C)(C[O])c1ccccc1. The van der Waals surface area contributed by atoms with Crippen LogP contribution in [0.4, 0.5) is 0 Å². The molecule has 1 atom stereocenters. The zero-order valence-electron chi connectivity index (χ0n) is 8.42. The maximum Gasteiger partial charge on any atom is 0.0916 e. The summed E-state index contributed by atoms with van der Waals surface area (Å²) in [5.74, 6) is 0. The van der Waals surface area contributed by atoms with Crippen LogP contribution in [0.15, 0.2) is 30.3 Å². The maximum absolute atomic E-state index is 11.1. The molecule has 1 radical (unpaired) electrons. The summed E-state index contributed by atoms with van der Waals surface area (Å²) in [6.45, 7) is 4.15. The molecule has 0 spiro atoms. The number of hydrogen-bond donors (Lipinski definition) is 0. The van der Waals surface area contributed by atoms with Crippen molar-refractivity contribution in [2.45, 2.75) is 32.1 Å². The molecule has 13 heavy (non-hydrogen) atoms. The lowest BCUT2D eigenvalue weighted by molar-refractivity contribution is 0.122. The molecule has 1 nitrogen and oxygen atoms in total. The lowest BCUT2D eigenvalue weighted by Crippen LogP contribution is -2.25. The standard InChI is InChI=1S/C12H17O/c1-3-9-12(2,10-13)11-7-5-4-6-8-11/h4-8H,3,9-10H2,1-2H3. The summed E-state index contributed by atoms with van der Waals surface area (Å²) in [6, 6.07) is 10.1. The molecule has 0 aromatic heterocycles. The van der Waals surface area contributed by atoms with Crippen molar-refractivity contribution in [3.05, 3.63) is 35.9 Å². The second-order valence-corrected chi connectivity index (χ2v) is 3.82. The molecule has 71 valence electrons. The van der Waals surface area contributed by atoms with Gasteiger partial charge in [0.15, 0.2) is 0 Å². The molecule has 1 aromatic rings. The van der Waals surface area contributed by atoms with Gasteiger partial charge in [0.05, 0.1) is 6.61 Å². The van der Waals surface area contributed by atoms with E-state index in [-0.39, 0.29) is 12.0 Å². The predicted molar refractivity (Wildman–Crippen MR) is 54.3 cm³/mol. The lowest BCUT2D eigenvalue weighted by Gasteiger charge is -2.26. The van der Waals surface area contributed by atoms with E-state index in [0.29, 0.717) is 0 Å². The van der Waals surface area contributed by atoms with Crippen LogP contribution in [0.1, 0.15) is 32.3 Å². The quantitative estimate of drug-likeness (QED) is 0.673. The molecule has 0 saturated heterocycles. The van der Waals surface area contributed by atoms with Gasteiger partial charge in [-0.25, -0.2) is 5.11 Å². The average Bonchev–Trinajstić information content (AvgIpc) is 2.19. The molecule has 0 saturated carbocycles. The van der Waals surface area contributed by atoms with E-state index in [1.54, 1.807) is 0 Å². The van der Waals surface area contributed by atoms with Gasteiger partial charge in [-0.15, -0.1) is 0 Å². The first-order valence-corrected chi connectivity index (χ1v) is 4.86. The van der Waals surface area contributed by atoms with Gasteiger partial charge in [-0.2, -0.15) is 0 Å². The van der Waals surface area contributed by atoms with Gasteiger partial charge in [0.2, 0.25) is 0 Å². The Kier molecular flexibility index (Phi) is 3.49. The third kappa shape index (κ3) is 2.31. The highest BCUT2D eigenvalue weighted by Gasteiger charge is 2.24. The van der Waals surface area contributed by atoms with Crippen LogP contribution in [-0.4, -0.2) is 6.61 Å². The van der Waals surface area contributed by atoms with Crippen LogP contribution >= 0.6 is 0 Å². The normalized spacial score (nSPS) is 15.3. The molecule has 0 aliphatic rings. The van der Waals surface area contributed by atoms with Gasteiger partial charge in [-0.1, -0.05) is 50.6 Å². The molecule has 0 bridgehead atoms. The van der Waals surface area contributed by atoms with E-state index in [2.05, 4.69) is 13.8 Å². The molecule has 0 amide bonds. The fraction of sp³-hybridized carbons (Fsp3) is 0.500. The maximum atomic E-state index is 11.1. The molecule has 0 fully saturated rings. The lowest BCUT2D eigenvalue weighted by atomic mass is 9.79. The second kappa shape index (κ2) is 4.43. The van der Waals surface area contributed by atoms with E-state index >= 15 is 0 Å². The van der Waals surface area contributed by atoms with E-state index in [9.17, 15) is 5.11 Å². The first kappa shape index (κ1) is 10.3. The summed E-state index contributed by atoms with van der Waals surface area (Å²) in [7, 11) is 0. The highest BCUT2D eigenvalue weighted by atomic mass is 16.3. The van der Waals surface area contributed by atoms with Gasteiger partial charge in [0.1, 0.15) is 0 Å². The Morgan fingerprint density at radius 1 is 1.23 bits per heavy atom. The Hall–Kier alpha value is -0.820. The molecule has 1 aromatic carbocycles. The minimum atomic E-state index is -0.171. The minimum absolute atomic E-state index is 0.0230. The van der Waals surface area contributed by atoms with Crippen molar-refractivity contribution >= 4 is 0 Å². The average molecular weight is 177 g/mol. The third-order valence-electron chi connectivity index (χ3n) is 2.59. The summed E-state index contributed by atoms with van der Waals surface area (Å²) < 4.78 is 0. The minimum Gasteiger partial charge on any atom is -0.236 e. The van der Waals surface area contributed by atoms with E-state index in [4.69, 9.17) is 0 Å². The molecule has 0 aliphatic heterocycles. The van der Waals surface area contributed by atoms with Crippen molar-refractivity contribution in [2.75, 3.05) is 6.61 Å². The van der Waals surface area contributed by atoms with Crippen molar-refractivity contribution in [2.24, 2.45) is 0 Å². The Morgan fingerprint density at radius 2 is 1.85 bits per heavy atom. The summed E-state index contributed by atoms with van der Waals surface area (Å²) in [6.07, 6.45) is 2.04. The van der Waals surface area contributed by atoms with E-state index in [0.717, 1.165) is 12.8 Å². The van der Waals surface area contributed by atoms with Crippen LogP contribution in [0.2, 0.25) is 0 Å². The molecule has 1 rings (SSSR count). The van der Waals surface area contributed by atoms with Gasteiger partial charge in [-0.05, 0) is 12.0 Å². The first-order valence-electron chi connectivity index (χ1n) is 4.86. The molecule has 0 heterocycles. The van der Waals surface area contributed by atoms with Crippen molar-refractivity contribution in [1.82, 2.24) is 0 Å². The first-order chi connectivity index (χ1) is 6.23. The van der Waals surface area contributed by atoms with Crippen molar-refractivity contribution in [3.8, 4) is 0 Å². The molecular formula is C12H17O. The second-order valence-electron chi connectivity index (χ2n) is 3.82. The van der Waals surface area contributed by atoms with E-state index in [1.165, 1.54) is 5.56 Å². The Balaban J connectivity index is 2.89. The molecule has 1 heteroatoms. The van der Waals surface area contributed by atoms with Crippen molar-refractivity contribution < 1.29 is 5.11 Å². The molecule has 0 N–H and O–H groups in total. The number of benzene rings is 1. The molecular weight excluding hydrogens is 160 g/mol. The van der Waals surface area contributed by atoms with Gasteiger partial charge >= 0.3 is 0 Å². The Morgan fingerprint density at radius 3 is 2.31 bits per heavy atom. The summed E-state index contributed by atoms with van der Waals surface area (Å²) in [5, 5.41) is 11.1. The predicted octanol–water partition coefficient (Wildman–Crippen LogP) is 3.17. The Labute approximate surface area is 80.4 Å².